The minimum absolute atomic E-state index is 0.128. The van der Waals surface area contributed by atoms with E-state index in [0.29, 0.717) is 45.8 Å². The van der Waals surface area contributed by atoms with Gasteiger partial charge in [-0.3, -0.25) is 5.41 Å². The molecule has 2 N–H and O–H groups in total. The van der Waals surface area contributed by atoms with Gasteiger partial charge >= 0.3 is 0 Å². The van der Waals surface area contributed by atoms with E-state index in [9.17, 15) is 0 Å². The maximum Gasteiger partial charge on any atom is 0.173 e. The van der Waals surface area contributed by atoms with Crippen molar-refractivity contribution in [2.45, 2.75) is 29.4 Å². The van der Waals surface area contributed by atoms with Gasteiger partial charge in [-0.1, -0.05) is 35.0 Å². The Morgan fingerprint density at radius 3 is 2.96 bits per heavy atom. The Labute approximate surface area is 152 Å². The molecule has 24 heavy (non-hydrogen) atoms. The second kappa shape index (κ2) is 7.26. The minimum Gasteiger partial charge on any atom is -0.328 e. The van der Waals surface area contributed by atoms with Crippen LogP contribution in [0.15, 0.2) is 34.6 Å². The molecule has 0 aliphatic heterocycles. The van der Waals surface area contributed by atoms with Gasteiger partial charge in [0.25, 0.3) is 0 Å². The summed E-state index contributed by atoms with van der Waals surface area (Å²) in [6.07, 6.45) is 2.74. The second-order valence-corrected chi connectivity index (χ2v) is 6.84. The molecule has 0 bridgehead atoms. The van der Waals surface area contributed by atoms with Gasteiger partial charge in [-0.2, -0.15) is 5.26 Å². The molecule has 2 aromatic heterocycles. The zero-order chi connectivity index (χ0) is 17.1. The van der Waals surface area contributed by atoms with Crippen LogP contribution >= 0.6 is 35.0 Å². The highest BCUT2D eigenvalue weighted by Gasteiger charge is 2.12. The number of H-pyrrole nitrogens is 1. The predicted molar refractivity (Wildman–Crippen MR) is 93.2 cm³/mol. The van der Waals surface area contributed by atoms with Crippen LogP contribution in [0.4, 0.5) is 0 Å². The van der Waals surface area contributed by atoms with Crippen molar-refractivity contribution < 1.29 is 0 Å². The zero-order valence-corrected chi connectivity index (χ0v) is 14.7. The molecule has 122 valence electrons. The lowest BCUT2D eigenvalue weighted by Crippen LogP contribution is -2.12. The van der Waals surface area contributed by atoms with E-state index >= 15 is 0 Å². The lowest BCUT2D eigenvalue weighted by atomic mass is 10.3. The average molecular weight is 379 g/mol. The molecular weight excluding hydrogens is 367 g/mol. The van der Waals surface area contributed by atoms with Crippen molar-refractivity contribution >= 4 is 46.1 Å². The number of unbranched alkanes of at least 4 members (excludes halogenated alkanes) is 1. The van der Waals surface area contributed by atoms with Crippen molar-refractivity contribution in [2.24, 2.45) is 0 Å². The number of aromatic nitrogens is 4. The summed E-state index contributed by atoms with van der Waals surface area (Å²) >= 11 is 13.5. The predicted octanol–water partition coefficient (Wildman–Crippen LogP) is 4.00. The Bertz CT molecular complexity index is 988. The maximum atomic E-state index is 8.66. The minimum atomic E-state index is 0.128. The maximum absolute atomic E-state index is 8.66. The van der Waals surface area contributed by atoms with Gasteiger partial charge in [0.2, 0.25) is 0 Å². The van der Waals surface area contributed by atoms with Crippen LogP contribution in [0.25, 0.3) is 11.2 Å². The fourth-order valence-electron chi connectivity index (χ4n) is 2.17. The topological polar surface area (TPSA) is 94.1 Å². The van der Waals surface area contributed by atoms with Gasteiger partial charge < -0.3 is 9.55 Å². The molecule has 0 aliphatic rings. The first kappa shape index (κ1) is 16.8. The fourth-order valence-corrected chi connectivity index (χ4v) is 3.48. The number of nitrogens with one attached hydrogen (secondary N) is 2. The highest BCUT2D eigenvalue weighted by molar-refractivity contribution is 7.99. The summed E-state index contributed by atoms with van der Waals surface area (Å²) in [6.45, 7) is 0.619. The monoisotopic (exact) mass is 378 g/mol. The molecule has 0 atom stereocenters. The largest absolute Gasteiger partial charge is 0.328 e. The SMILES string of the molecule is N#CCCCn1cnc(=N)c2[nH]c(Sc3ccc(Cl)cc3Cl)nc21. The first-order chi connectivity index (χ1) is 11.6. The van der Waals surface area contributed by atoms with Gasteiger partial charge in [0, 0.05) is 22.9 Å². The number of imidazole rings is 1. The highest BCUT2D eigenvalue weighted by atomic mass is 35.5. The molecule has 9 heteroatoms. The van der Waals surface area contributed by atoms with Gasteiger partial charge in [-0.25, -0.2) is 9.97 Å². The van der Waals surface area contributed by atoms with Crippen LogP contribution in [0.2, 0.25) is 10.0 Å². The van der Waals surface area contributed by atoms with E-state index in [1.54, 1.807) is 18.5 Å². The van der Waals surface area contributed by atoms with Crippen molar-refractivity contribution in [3.05, 3.63) is 40.1 Å². The number of aromatic amines is 1. The first-order valence-electron chi connectivity index (χ1n) is 7.08. The van der Waals surface area contributed by atoms with Crippen LogP contribution in [-0.4, -0.2) is 19.5 Å². The Balaban J connectivity index is 1.95. The van der Waals surface area contributed by atoms with Crippen LogP contribution in [0.1, 0.15) is 12.8 Å². The number of nitrogens with zero attached hydrogens (tertiary/aromatic N) is 4. The number of aryl methyl sites for hydroxylation is 1. The molecule has 6 nitrogen and oxygen atoms in total. The molecule has 0 saturated carbocycles. The highest BCUT2D eigenvalue weighted by Crippen LogP contribution is 2.33. The third-order valence-corrected chi connectivity index (χ3v) is 4.91. The number of halogens is 2. The van der Waals surface area contributed by atoms with E-state index in [-0.39, 0.29) is 5.49 Å². The summed E-state index contributed by atoms with van der Waals surface area (Å²) in [5.41, 5.74) is 1.32. The molecule has 0 radical (unpaired) electrons. The summed E-state index contributed by atoms with van der Waals surface area (Å²) in [4.78, 5) is 12.5. The number of fused-ring (bicyclic) bond motifs is 1. The van der Waals surface area contributed by atoms with E-state index in [2.05, 4.69) is 21.0 Å². The number of rotatable bonds is 5. The van der Waals surface area contributed by atoms with E-state index in [0.717, 1.165) is 4.90 Å². The average Bonchev–Trinajstić information content (AvgIpc) is 2.97. The molecule has 2 heterocycles. The van der Waals surface area contributed by atoms with E-state index in [4.69, 9.17) is 33.9 Å². The van der Waals surface area contributed by atoms with Gasteiger partial charge in [0.05, 0.1) is 17.4 Å². The zero-order valence-electron chi connectivity index (χ0n) is 12.4. The van der Waals surface area contributed by atoms with Crippen LogP contribution in [-0.2, 0) is 6.54 Å². The van der Waals surface area contributed by atoms with Crippen LogP contribution in [0.5, 0.6) is 0 Å². The number of benzene rings is 1. The Kier molecular flexibility index (Phi) is 5.09. The summed E-state index contributed by atoms with van der Waals surface area (Å²) in [5.74, 6) is 0. The molecule has 0 amide bonds. The van der Waals surface area contributed by atoms with Crippen molar-refractivity contribution in [3.63, 3.8) is 0 Å². The molecule has 3 aromatic rings. The van der Waals surface area contributed by atoms with Gasteiger partial charge in [0.1, 0.15) is 5.52 Å². The summed E-state index contributed by atoms with van der Waals surface area (Å²) in [6, 6.07) is 7.38. The molecule has 3 rings (SSSR count). The van der Waals surface area contributed by atoms with E-state index in [1.165, 1.54) is 11.8 Å². The third kappa shape index (κ3) is 3.56. The van der Waals surface area contributed by atoms with Gasteiger partial charge in [-0.15, -0.1) is 0 Å². The van der Waals surface area contributed by atoms with Crippen molar-refractivity contribution in [1.82, 2.24) is 19.5 Å². The van der Waals surface area contributed by atoms with Gasteiger partial charge in [0.15, 0.2) is 16.3 Å². The smallest absolute Gasteiger partial charge is 0.173 e. The molecule has 0 saturated heterocycles. The first-order valence-corrected chi connectivity index (χ1v) is 8.65. The normalized spacial score (nSPS) is 10.9. The molecular formula is C15H12Cl2N6S. The van der Waals surface area contributed by atoms with E-state index < -0.39 is 0 Å². The molecule has 0 spiro atoms. The van der Waals surface area contributed by atoms with Crippen molar-refractivity contribution in [3.8, 4) is 6.07 Å². The van der Waals surface area contributed by atoms with Crippen LogP contribution in [0.3, 0.4) is 0 Å². The summed E-state index contributed by atoms with van der Waals surface area (Å²) in [5, 5.41) is 18.3. The quantitative estimate of drug-likeness (QED) is 0.655. The summed E-state index contributed by atoms with van der Waals surface area (Å²) < 4.78 is 1.84. The van der Waals surface area contributed by atoms with E-state index in [1.807, 2.05) is 10.6 Å². The molecule has 0 fully saturated rings. The fraction of sp³-hybridized carbons (Fsp3) is 0.200. The van der Waals surface area contributed by atoms with Crippen LogP contribution < -0.4 is 5.49 Å². The lowest BCUT2D eigenvalue weighted by Gasteiger charge is -2.04. The van der Waals surface area contributed by atoms with Crippen LogP contribution in [0, 0.1) is 16.7 Å². The summed E-state index contributed by atoms with van der Waals surface area (Å²) in [7, 11) is 0. The van der Waals surface area contributed by atoms with Gasteiger partial charge in [-0.05, 0) is 24.6 Å². The molecule has 0 aliphatic carbocycles. The van der Waals surface area contributed by atoms with Crippen molar-refractivity contribution in [2.75, 3.05) is 0 Å². The number of hydrogen-bond acceptors (Lipinski definition) is 5. The molecule has 1 aromatic carbocycles. The van der Waals surface area contributed by atoms with Crippen molar-refractivity contribution in [1.29, 1.82) is 10.7 Å². The third-order valence-electron chi connectivity index (χ3n) is 3.29. The Hall–Kier alpha value is -2.01. The lowest BCUT2D eigenvalue weighted by molar-refractivity contribution is 0.651. The second-order valence-electron chi connectivity index (χ2n) is 4.97. The standard InChI is InChI=1S/C15H12Cl2N6S/c16-9-3-4-11(10(17)7-9)24-15-21-12-13(19)20-8-23(14(12)22-15)6-2-1-5-18/h3-4,7-8,19H,1-2,6H2,(H,21,22). The Morgan fingerprint density at radius 2 is 2.21 bits per heavy atom. The number of nitriles is 1. The molecule has 0 unspecified atom stereocenters. The number of hydrogen-bond donors (Lipinski definition) is 2. The Morgan fingerprint density at radius 1 is 1.38 bits per heavy atom.